The van der Waals surface area contributed by atoms with E-state index < -0.39 is 0 Å². The van der Waals surface area contributed by atoms with Crippen molar-refractivity contribution in [3.05, 3.63) is 82.5 Å². The molecule has 0 amide bonds. The minimum Gasteiger partial charge on any atom is -0.339 e. The average molecular weight is 404 g/mol. The van der Waals surface area contributed by atoms with Gasteiger partial charge < -0.3 is 5.32 Å². The van der Waals surface area contributed by atoms with Crippen molar-refractivity contribution in [2.24, 2.45) is 0 Å². The zero-order chi connectivity index (χ0) is 20.8. The molecular formula is C25H26ClN3. The molecule has 148 valence electrons. The van der Waals surface area contributed by atoms with Gasteiger partial charge in [-0.2, -0.15) is 0 Å². The van der Waals surface area contributed by atoms with Gasteiger partial charge in [0.25, 0.3) is 0 Å². The molecule has 0 aliphatic rings. The molecule has 0 atom stereocenters. The highest BCUT2D eigenvalue weighted by molar-refractivity contribution is 6.30. The first-order chi connectivity index (χ1) is 13.7. The molecule has 2 aromatic carbocycles. The smallest absolute Gasteiger partial charge is 0.143 e. The van der Waals surface area contributed by atoms with Gasteiger partial charge in [0.1, 0.15) is 17.2 Å². The Morgan fingerprint density at radius 3 is 2.17 bits per heavy atom. The van der Waals surface area contributed by atoms with Crippen LogP contribution in [0.15, 0.2) is 60.8 Å². The van der Waals surface area contributed by atoms with E-state index in [9.17, 15) is 0 Å². The molecule has 0 spiro atoms. The Balaban J connectivity index is 1.89. The SMILES string of the molecule is Cc1cccc(C)c1Nc1c(-c2ccc(C(C)(C)C)cc2)nc2ccc(Cl)cn12. The first kappa shape index (κ1) is 19.5. The fourth-order valence-electron chi connectivity index (χ4n) is 3.60. The topological polar surface area (TPSA) is 29.3 Å². The van der Waals surface area contributed by atoms with Crippen LogP contribution in [0.5, 0.6) is 0 Å². The summed E-state index contributed by atoms with van der Waals surface area (Å²) in [6.45, 7) is 10.9. The Bertz CT molecular complexity index is 1160. The van der Waals surface area contributed by atoms with Crippen molar-refractivity contribution in [3.63, 3.8) is 0 Å². The molecule has 29 heavy (non-hydrogen) atoms. The molecule has 2 aromatic heterocycles. The van der Waals surface area contributed by atoms with Crippen LogP contribution in [0, 0.1) is 13.8 Å². The molecule has 0 radical (unpaired) electrons. The van der Waals surface area contributed by atoms with E-state index in [0.29, 0.717) is 5.02 Å². The lowest BCUT2D eigenvalue weighted by Gasteiger charge is -2.19. The van der Waals surface area contributed by atoms with Gasteiger partial charge in [0.15, 0.2) is 0 Å². The number of nitrogens with one attached hydrogen (secondary N) is 1. The summed E-state index contributed by atoms with van der Waals surface area (Å²) in [5, 5.41) is 4.32. The van der Waals surface area contributed by atoms with Gasteiger partial charge in [-0.1, -0.05) is 74.8 Å². The second-order valence-electron chi connectivity index (χ2n) is 8.60. The number of aromatic nitrogens is 2. The second-order valence-corrected chi connectivity index (χ2v) is 9.04. The summed E-state index contributed by atoms with van der Waals surface area (Å²) in [6, 6.07) is 18.8. The summed E-state index contributed by atoms with van der Waals surface area (Å²) in [4.78, 5) is 4.91. The summed E-state index contributed by atoms with van der Waals surface area (Å²) in [7, 11) is 0. The Morgan fingerprint density at radius 1 is 0.897 bits per heavy atom. The maximum Gasteiger partial charge on any atom is 0.143 e. The molecular weight excluding hydrogens is 378 g/mol. The molecule has 0 bridgehead atoms. The summed E-state index contributed by atoms with van der Waals surface area (Å²) in [5.41, 5.74) is 7.75. The number of para-hydroxylation sites is 1. The minimum absolute atomic E-state index is 0.115. The molecule has 1 N–H and O–H groups in total. The molecule has 4 rings (SSSR count). The average Bonchev–Trinajstić information content (AvgIpc) is 3.02. The van der Waals surface area contributed by atoms with Crippen LogP contribution in [0.25, 0.3) is 16.9 Å². The molecule has 0 aliphatic heterocycles. The normalized spacial score (nSPS) is 11.8. The van der Waals surface area contributed by atoms with E-state index in [1.807, 2.05) is 22.7 Å². The van der Waals surface area contributed by atoms with E-state index in [4.69, 9.17) is 16.6 Å². The lowest BCUT2D eigenvalue weighted by molar-refractivity contribution is 0.590. The number of aryl methyl sites for hydroxylation is 2. The summed E-state index contributed by atoms with van der Waals surface area (Å²) >= 11 is 6.31. The molecule has 4 aromatic rings. The zero-order valence-corrected chi connectivity index (χ0v) is 18.3. The maximum absolute atomic E-state index is 6.31. The Kier molecular flexibility index (Phi) is 4.87. The first-order valence-electron chi connectivity index (χ1n) is 9.86. The van der Waals surface area contributed by atoms with Crippen LogP contribution in [0.3, 0.4) is 0 Å². The number of hydrogen-bond acceptors (Lipinski definition) is 2. The number of halogens is 1. The zero-order valence-electron chi connectivity index (χ0n) is 17.5. The van der Waals surface area contributed by atoms with E-state index in [1.165, 1.54) is 16.7 Å². The van der Waals surface area contributed by atoms with Crippen molar-refractivity contribution in [2.45, 2.75) is 40.0 Å². The lowest BCUT2D eigenvalue weighted by atomic mass is 9.86. The number of hydrogen-bond donors (Lipinski definition) is 1. The van der Waals surface area contributed by atoms with E-state index in [0.717, 1.165) is 28.4 Å². The number of pyridine rings is 1. The van der Waals surface area contributed by atoms with Crippen molar-refractivity contribution in [2.75, 3.05) is 5.32 Å². The standard InChI is InChI=1S/C25H26ClN3/c1-16-7-6-8-17(2)22(16)28-24-23(27-21-14-13-20(26)15-29(21)24)18-9-11-19(12-10-18)25(3,4)5/h6-15,28H,1-5H3. The van der Waals surface area contributed by atoms with Crippen LogP contribution in [0.2, 0.25) is 5.02 Å². The van der Waals surface area contributed by atoms with Gasteiger partial charge in [-0.15, -0.1) is 0 Å². The van der Waals surface area contributed by atoms with E-state index in [2.05, 4.69) is 82.4 Å². The Labute approximate surface area is 177 Å². The second kappa shape index (κ2) is 7.23. The molecule has 0 unspecified atom stereocenters. The fraction of sp³-hybridized carbons (Fsp3) is 0.240. The summed E-state index contributed by atoms with van der Waals surface area (Å²) in [5.74, 6) is 0.920. The van der Waals surface area contributed by atoms with Gasteiger partial charge in [-0.3, -0.25) is 4.40 Å². The first-order valence-corrected chi connectivity index (χ1v) is 10.2. The van der Waals surface area contributed by atoms with Crippen LogP contribution in [0.4, 0.5) is 11.5 Å². The predicted molar refractivity (Wildman–Crippen MR) is 124 cm³/mol. The highest BCUT2D eigenvalue weighted by Gasteiger charge is 2.18. The number of imidazole rings is 1. The molecule has 3 nitrogen and oxygen atoms in total. The molecule has 4 heteroatoms. The van der Waals surface area contributed by atoms with Gasteiger partial charge in [0.05, 0.1) is 5.02 Å². The number of rotatable bonds is 3. The van der Waals surface area contributed by atoms with Crippen LogP contribution < -0.4 is 5.32 Å². The number of fused-ring (bicyclic) bond motifs is 1. The van der Waals surface area contributed by atoms with Crippen LogP contribution in [-0.2, 0) is 5.41 Å². The van der Waals surface area contributed by atoms with Crippen LogP contribution >= 0.6 is 11.6 Å². The Hall–Kier alpha value is -2.78. The van der Waals surface area contributed by atoms with Gasteiger partial charge in [0.2, 0.25) is 0 Å². The van der Waals surface area contributed by atoms with Crippen molar-refractivity contribution in [1.29, 1.82) is 0 Å². The Morgan fingerprint density at radius 2 is 1.55 bits per heavy atom. The molecule has 0 saturated heterocycles. The minimum atomic E-state index is 0.115. The summed E-state index contributed by atoms with van der Waals surface area (Å²) < 4.78 is 2.03. The molecule has 0 saturated carbocycles. The molecule has 2 heterocycles. The van der Waals surface area contributed by atoms with E-state index in [1.54, 1.807) is 0 Å². The van der Waals surface area contributed by atoms with Gasteiger partial charge >= 0.3 is 0 Å². The van der Waals surface area contributed by atoms with Gasteiger partial charge in [-0.25, -0.2) is 4.98 Å². The predicted octanol–water partition coefficient (Wildman–Crippen LogP) is 7.31. The molecule has 0 fully saturated rings. The monoisotopic (exact) mass is 403 g/mol. The van der Waals surface area contributed by atoms with E-state index >= 15 is 0 Å². The quantitative estimate of drug-likeness (QED) is 0.388. The third-order valence-electron chi connectivity index (χ3n) is 5.33. The highest BCUT2D eigenvalue weighted by Crippen LogP contribution is 2.35. The van der Waals surface area contributed by atoms with E-state index in [-0.39, 0.29) is 5.41 Å². The third-order valence-corrected chi connectivity index (χ3v) is 5.55. The largest absolute Gasteiger partial charge is 0.339 e. The van der Waals surface area contributed by atoms with Crippen LogP contribution in [0.1, 0.15) is 37.5 Å². The number of benzene rings is 2. The van der Waals surface area contributed by atoms with Crippen molar-refractivity contribution in [1.82, 2.24) is 9.38 Å². The molecule has 0 aliphatic carbocycles. The third kappa shape index (κ3) is 3.75. The van der Waals surface area contributed by atoms with Crippen molar-refractivity contribution >= 4 is 28.8 Å². The van der Waals surface area contributed by atoms with Crippen molar-refractivity contribution < 1.29 is 0 Å². The fourth-order valence-corrected chi connectivity index (χ4v) is 3.76. The van der Waals surface area contributed by atoms with Gasteiger partial charge in [0, 0.05) is 17.4 Å². The van der Waals surface area contributed by atoms with Crippen molar-refractivity contribution in [3.8, 4) is 11.3 Å². The highest BCUT2D eigenvalue weighted by atomic mass is 35.5. The van der Waals surface area contributed by atoms with Gasteiger partial charge in [-0.05, 0) is 48.1 Å². The number of anilines is 2. The van der Waals surface area contributed by atoms with Crippen LogP contribution in [-0.4, -0.2) is 9.38 Å². The summed E-state index contributed by atoms with van der Waals surface area (Å²) in [6.07, 6.45) is 1.91. The number of nitrogens with zero attached hydrogens (tertiary/aromatic N) is 2. The lowest BCUT2D eigenvalue weighted by Crippen LogP contribution is -2.10. The maximum atomic E-state index is 6.31.